The Balaban J connectivity index is 2.97. The lowest BCUT2D eigenvalue weighted by atomic mass is 9.99. The smallest absolute Gasteiger partial charge is 0.326 e. The molecule has 0 aromatic heterocycles. The molecule has 110 valence electrons. The number of carbonyl (C=O) groups is 2. The van der Waals surface area contributed by atoms with Gasteiger partial charge >= 0.3 is 5.97 Å². The number of methoxy groups -OCH3 is 1. The molecule has 0 bridgehead atoms. The topological polar surface area (TPSA) is 75.6 Å². The maximum absolute atomic E-state index is 12.2. The van der Waals surface area contributed by atoms with Crippen LogP contribution in [-0.2, 0) is 4.79 Å². The molecule has 1 amide bonds. The Bertz CT molecular complexity index is 504. The number of ether oxygens (including phenoxy) is 1. The molecule has 1 aromatic rings. The fourth-order valence-electron chi connectivity index (χ4n) is 1.75. The lowest BCUT2D eigenvalue weighted by Gasteiger charge is -2.20. The van der Waals surface area contributed by atoms with Crippen LogP contribution in [0.5, 0.6) is 5.75 Å². The van der Waals surface area contributed by atoms with Gasteiger partial charge in [0.1, 0.15) is 11.8 Å². The number of halogens is 1. The van der Waals surface area contributed by atoms with Crippen LogP contribution < -0.4 is 10.1 Å². The van der Waals surface area contributed by atoms with E-state index >= 15 is 0 Å². The molecule has 0 fully saturated rings. The molecular weight excluding hydrogens is 326 g/mol. The van der Waals surface area contributed by atoms with E-state index in [4.69, 9.17) is 4.74 Å². The van der Waals surface area contributed by atoms with Crippen LogP contribution in [0, 0.1) is 5.92 Å². The maximum Gasteiger partial charge on any atom is 0.326 e. The summed E-state index contributed by atoms with van der Waals surface area (Å²) in [5.41, 5.74) is 0.310. The molecule has 0 saturated heterocycles. The van der Waals surface area contributed by atoms with E-state index in [2.05, 4.69) is 21.2 Å². The quantitative estimate of drug-likeness (QED) is 0.832. The van der Waals surface area contributed by atoms with E-state index in [0.717, 1.165) is 4.47 Å². The van der Waals surface area contributed by atoms with Crippen LogP contribution in [0.1, 0.15) is 30.6 Å². The Morgan fingerprint density at radius 1 is 1.45 bits per heavy atom. The molecule has 0 spiro atoms. The largest absolute Gasteiger partial charge is 0.496 e. The van der Waals surface area contributed by atoms with Crippen molar-refractivity contribution in [3.05, 3.63) is 28.2 Å². The number of benzene rings is 1. The summed E-state index contributed by atoms with van der Waals surface area (Å²) in [4.78, 5) is 23.4. The monoisotopic (exact) mass is 343 g/mol. The number of rotatable bonds is 6. The van der Waals surface area contributed by atoms with Crippen molar-refractivity contribution in [1.29, 1.82) is 0 Å². The van der Waals surface area contributed by atoms with Gasteiger partial charge in [-0.25, -0.2) is 4.79 Å². The number of hydrogen-bond donors (Lipinski definition) is 2. The predicted octanol–water partition coefficient (Wildman–Crippen LogP) is 2.69. The van der Waals surface area contributed by atoms with Crippen LogP contribution >= 0.6 is 15.9 Å². The second-order valence-electron chi connectivity index (χ2n) is 4.52. The molecule has 0 aliphatic rings. The van der Waals surface area contributed by atoms with Crippen LogP contribution in [0.15, 0.2) is 22.7 Å². The highest BCUT2D eigenvalue weighted by Gasteiger charge is 2.26. The van der Waals surface area contributed by atoms with Crippen molar-refractivity contribution in [2.45, 2.75) is 26.3 Å². The Kier molecular flexibility index (Phi) is 6.01. The predicted molar refractivity (Wildman–Crippen MR) is 79.0 cm³/mol. The van der Waals surface area contributed by atoms with Gasteiger partial charge in [0.05, 0.1) is 12.7 Å². The molecule has 1 aromatic carbocycles. The van der Waals surface area contributed by atoms with Gasteiger partial charge in [-0.2, -0.15) is 0 Å². The first-order valence-electron chi connectivity index (χ1n) is 6.27. The second-order valence-corrected chi connectivity index (χ2v) is 5.44. The lowest BCUT2D eigenvalue weighted by Crippen LogP contribution is -2.45. The third-order valence-electron chi connectivity index (χ3n) is 3.17. The summed E-state index contributed by atoms with van der Waals surface area (Å²) in [5, 5.41) is 11.7. The van der Waals surface area contributed by atoms with Gasteiger partial charge in [-0.15, -0.1) is 0 Å². The SMILES string of the molecule is CCC(C)[C@H](NC(=O)c1ccc(Br)cc1OC)C(=O)O. The first-order valence-corrected chi connectivity index (χ1v) is 7.07. The Hall–Kier alpha value is -1.56. The summed E-state index contributed by atoms with van der Waals surface area (Å²) in [7, 11) is 1.46. The zero-order valence-electron chi connectivity index (χ0n) is 11.6. The first-order chi connectivity index (χ1) is 9.40. The highest BCUT2D eigenvalue weighted by Crippen LogP contribution is 2.23. The molecule has 6 heteroatoms. The van der Waals surface area contributed by atoms with Crippen molar-refractivity contribution in [3.63, 3.8) is 0 Å². The van der Waals surface area contributed by atoms with E-state index in [1.165, 1.54) is 7.11 Å². The number of carboxylic acid groups (broad SMARTS) is 1. The standard InChI is InChI=1S/C14H18BrNO4/c1-4-8(2)12(14(18)19)16-13(17)10-6-5-9(15)7-11(10)20-3/h5-8,12H,4H2,1-3H3,(H,16,17)(H,18,19)/t8?,12-/m0/s1. The van der Waals surface area contributed by atoms with Crippen molar-refractivity contribution in [2.75, 3.05) is 7.11 Å². The summed E-state index contributed by atoms with van der Waals surface area (Å²) in [5.74, 6) is -1.26. The number of hydrogen-bond acceptors (Lipinski definition) is 3. The highest BCUT2D eigenvalue weighted by molar-refractivity contribution is 9.10. The minimum atomic E-state index is -1.04. The van der Waals surface area contributed by atoms with Crippen molar-refractivity contribution >= 4 is 27.8 Å². The number of aliphatic carboxylic acids is 1. The fourth-order valence-corrected chi connectivity index (χ4v) is 2.09. The molecule has 0 heterocycles. The number of carbonyl (C=O) groups excluding carboxylic acids is 1. The molecule has 20 heavy (non-hydrogen) atoms. The summed E-state index contributed by atoms with van der Waals surface area (Å²) in [6, 6.07) is 4.04. The summed E-state index contributed by atoms with van der Waals surface area (Å²) < 4.78 is 5.92. The Morgan fingerprint density at radius 3 is 2.60 bits per heavy atom. The molecule has 0 aliphatic carbocycles. The van der Waals surface area contributed by atoms with Gasteiger partial charge in [-0.05, 0) is 24.1 Å². The van der Waals surface area contributed by atoms with Crippen LogP contribution in [0.4, 0.5) is 0 Å². The van der Waals surface area contributed by atoms with Gasteiger partial charge in [0.2, 0.25) is 0 Å². The van der Waals surface area contributed by atoms with Gasteiger partial charge in [0.15, 0.2) is 0 Å². The molecule has 2 atom stereocenters. The zero-order valence-corrected chi connectivity index (χ0v) is 13.2. The molecular formula is C14H18BrNO4. The summed E-state index contributed by atoms with van der Waals surface area (Å²) in [6.07, 6.45) is 0.661. The highest BCUT2D eigenvalue weighted by atomic mass is 79.9. The van der Waals surface area contributed by atoms with Gasteiger partial charge in [-0.1, -0.05) is 36.2 Å². The summed E-state index contributed by atoms with van der Waals surface area (Å²) >= 11 is 3.29. The van der Waals surface area contributed by atoms with Gasteiger partial charge in [0, 0.05) is 4.47 Å². The number of carboxylic acids is 1. The van der Waals surface area contributed by atoms with Gasteiger partial charge in [0.25, 0.3) is 5.91 Å². The van der Waals surface area contributed by atoms with Crippen LogP contribution in [0.2, 0.25) is 0 Å². The van der Waals surface area contributed by atoms with Crippen LogP contribution in [0.25, 0.3) is 0 Å². The number of amides is 1. The van der Waals surface area contributed by atoms with Crippen molar-refractivity contribution in [2.24, 2.45) is 5.92 Å². The third kappa shape index (κ3) is 3.96. The van der Waals surface area contributed by atoms with Gasteiger partial charge < -0.3 is 15.2 Å². The van der Waals surface area contributed by atoms with Crippen molar-refractivity contribution < 1.29 is 19.4 Å². The van der Waals surface area contributed by atoms with E-state index in [9.17, 15) is 14.7 Å². The van der Waals surface area contributed by atoms with E-state index in [-0.39, 0.29) is 5.92 Å². The number of nitrogens with one attached hydrogen (secondary N) is 1. The lowest BCUT2D eigenvalue weighted by molar-refractivity contribution is -0.140. The third-order valence-corrected chi connectivity index (χ3v) is 3.67. The molecule has 0 radical (unpaired) electrons. The zero-order chi connectivity index (χ0) is 15.3. The van der Waals surface area contributed by atoms with Crippen LogP contribution in [0.3, 0.4) is 0 Å². The Labute approximate surface area is 126 Å². The maximum atomic E-state index is 12.2. The van der Waals surface area contributed by atoms with Crippen molar-refractivity contribution in [1.82, 2.24) is 5.32 Å². The second kappa shape index (κ2) is 7.28. The Morgan fingerprint density at radius 2 is 2.10 bits per heavy atom. The molecule has 1 rings (SSSR count). The molecule has 5 nitrogen and oxygen atoms in total. The minimum absolute atomic E-state index is 0.155. The van der Waals surface area contributed by atoms with E-state index < -0.39 is 17.9 Å². The van der Waals surface area contributed by atoms with E-state index in [1.54, 1.807) is 25.1 Å². The van der Waals surface area contributed by atoms with E-state index in [0.29, 0.717) is 17.7 Å². The fraction of sp³-hybridized carbons (Fsp3) is 0.429. The molecule has 2 N–H and O–H groups in total. The minimum Gasteiger partial charge on any atom is -0.496 e. The average molecular weight is 344 g/mol. The molecule has 0 aliphatic heterocycles. The normalized spacial score (nSPS) is 13.4. The average Bonchev–Trinajstić information content (AvgIpc) is 2.42. The molecule has 1 unspecified atom stereocenters. The molecule has 0 saturated carbocycles. The van der Waals surface area contributed by atoms with Gasteiger partial charge in [-0.3, -0.25) is 4.79 Å². The van der Waals surface area contributed by atoms with E-state index in [1.807, 2.05) is 6.92 Å². The summed E-state index contributed by atoms with van der Waals surface area (Å²) in [6.45, 7) is 3.67. The van der Waals surface area contributed by atoms with Crippen molar-refractivity contribution in [3.8, 4) is 5.75 Å². The van der Waals surface area contributed by atoms with Crippen LogP contribution in [-0.4, -0.2) is 30.1 Å². The first kappa shape index (κ1) is 16.5.